The molecule has 0 aliphatic carbocycles. The normalized spacial score (nSPS) is 10.8. The van der Waals surface area contributed by atoms with Crippen molar-refractivity contribution in [3.05, 3.63) is 78.2 Å². The van der Waals surface area contributed by atoms with Crippen LogP contribution < -0.4 is 5.32 Å². The molecule has 2 aromatic carbocycles. The van der Waals surface area contributed by atoms with Gasteiger partial charge in [-0.05, 0) is 44.2 Å². The molecule has 0 saturated heterocycles. The lowest BCUT2D eigenvalue weighted by molar-refractivity contribution is 0.0526. The second kappa shape index (κ2) is 7.52. The lowest BCUT2D eigenvalue weighted by atomic mass is 10.1. The second-order valence-electron chi connectivity index (χ2n) is 6.43. The van der Waals surface area contributed by atoms with E-state index in [-0.39, 0.29) is 5.97 Å². The lowest BCUT2D eigenvalue weighted by Crippen LogP contribution is -2.05. The van der Waals surface area contributed by atoms with Crippen molar-refractivity contribution in [2.24, 2.45) is 0 Å². The number of rotatable bonds is 5. The number of imidazole rings is 1. The van der Waals surface area contributed by atoms with E-state index in [2.05, 4.69) is 29.4 Å². The van der Waals surface area contributed by atoms with Crippen LogP contribution in [-0.2, 0) is 4.74 Å². The number of hydrogen-bond acceptors (Lipinski definition) is 5. The molecule has 4 aromatic rings. The van der Waals surface area contributed by atoms with Crippen LogP contribution in [0, 0.1) is 6.92 Å². The van der Waals surface area contributed by atoms with E-state index in [1.165, 1.54) is 5.56 Å². The Morgan fingerprint density at radius 2 is 2.00 bits per heavy atom. The number of ether oxygens (including phenoxy) is 1. The van der Waals surface area contributed by atoms with Crippen molar-refractivity contribution in [2.45, 2.75) is 13.8 Å². The van der Waals surface area contributed by atoms with Crippen LogP contribution in [-0.4, -0.2) is 26.9 Å². The molecule has 0 amide bonds. The molecular weight excluding hydrogens is 352 g/mol. The summed E-state index contributed by atoms with van der Waals surface area (Å²) >= 11 is 0. The second-order valence-corrected chi connectivity index (χ2v) is 6.43. The Morgan fingerprint density at radius 3 is 2.75 bits per heavy atom. The first-order valence-electron chi connectivity index (χ1n) is 9.09. The number of hydrogen-bond donors (Lipinski definition) is 1. The van der Waals surface area contributed by atoms with Crippen LogP contribution in [0.25, 0.3) is 16.9 Å². The lowest BCUT2D eigenvalue weighted by Gasteiger charge is -2.11. The van der Waals surface area contributed by atoms with Crippen LogP contribution in [0.5, 0.6) is 0 Å². The van der Waals surface area contributed by atoms with Crippen LogP contribution >= 0.6 is 0 Å². The number of benzene rings is 2. The number of esters is 1. The molecule has 6 heteroatoms. The van der Waals surface area contributed by atoms with Crippen molar-refractivity contribution < 1.29 is 9.53 Å². The van der Waals surface area contributed by atoms with Gasteiger partial charge in [0.2, 0.25) is 0 Å². The summed E-state index contributed by atoms with van der Waals surface area (Å²) in [6.45, 7) is 4.20. The molecule has 0 spiro atoms. The predicted octanol–water partition coefficient (Wildman–Crippen LogP) is 4.63. The van der Waals surface area contributed by atoms with E-state index in [0.717, 1.165) is 22.6 Å². The first-order chi connectivity index (χ1) is 13.6. The summed E-state index contributed by atoms with van der Waals surface area (Å²) in [5.74, 6) is 0.317. The average Bonchev–Trinajstić information content (AvgIpc) is 3.18. The summed E-state index contributed by atoms with van der Waals surface area (Å²) in [4.78, 5) is 21.0. The van der Waals surface area contributed by atoms with E-state index >= 15 is 0 Å². The SMILES string of the molecule is CCOC(=O)c1ccc(Nc2nc(-c3cccc(C)c3)cn3ccnc23)cc1. The van der Waals surface area contributed by atoms with Crippen LogP contribution in [0.2, 0.25) is 0 Å². The minimum atomic E-state index is -0.329. The standard InChI is InChI=1S/C22H20N4O2/c1-3-28-22(27)16-7-9-18(10-8-16)24-20-21-23-11-12-26(21)14-19(25-20)17-6-4-5-15(2)13-17/h4-14H,3H2,1-2H3,(H,24,25). The Kier molecular flexibility index (Phi) is 4.76. The number of nitrogens with one attached hydrogen (secondary N) is 1. The molecule has 0 bridgehead atoms. The molecule has 0 aliphatic heterocycles. The predicted molar refractivity (Wildman–Crippen MR) is 109 cm³/mol. The van der Waals surface area contributed by atoms with Gasteiger partial charge in [0.1, 0.15) is 0 Å². The number of carbonyl (C=O) groups is 1. The fraction of sp³-hybridized carbons (Fsp3) is 0.136. The monoisotopic (exact) mass is 372 g/mol. The molecular formula is C22H20N4O2. The van der Waals surface area contributed by atoms with Crippen molar-refractivity contribution in [3.8, 4) is 11.3 Å². The van der Waals surface area contributed by atoms with Gasteiger partial charge in [-0.2, -0.15) is 0 Å². The number of fused-ring (bicyclic) bond motifs is 1. The maximum atomic E-state index is 11.8. The summed E-state index contributed by atoms with van der Waals surface area (Å²) in [7, 11) is 0. The zero-order valence-corrected chi connectivity index (χ0v) is 15.7. The van der Waals surface area contributed by atoms with Crippen LogP contribution in [0.15, 0.2) is 67.1 Å². The molecule has 0 saturated carbocycles. The molecule has 6 nitrogen and oxygen atoms in total. The smallest absolute Gasteiger partial charge is 0.338 e. The third kappa shape index (κ3) is 3.57. The first kappa shape index (κ1) is 17.7. The summed E-state index contributed by atoms with van der Waals surface area (Å²) in [6.07, 6.45) is 5.60. The third-order valence-corrected chi connectivity index (χ3v) is 4.35. The summed E-state index contributed by atoms with van der Waals surface area (Å²) in [6, 6.07) is 15.3. The van der Waals surface area contributed by atoms with Gasteiger partial charge < -0.3 is 14.5 Å². The zero-order valence-electron chi connectivity index (χ0n) is 15.7. The van der Waals surface area contributed by atoms with Crippen LogP contribution in [0.4, 0.5) is 11.5 Å². The molecule has 0 fully saturated rings. The Balaban J connectivity index is 1.68. The molecule has 2 heterocycles. The van der Waals surface area contributed by atoms with Crippen molar-refractivity contribution in [3.63, 3.8) is 0 Å². The highest BCUT2D eigenvalue weighted by Crippen LogP contribution is 2.25. The van der Waals surface area contributed by atoms with Gasteiger partial charge in [-0.15, -0.1) is 0 Å². The van der Waals surface area contributed by atoms with E-state index in [9.17, 15) is 4.79 Å². The Bertz CT molecular complexity index is 1130. The molecule has 28 heavy (non-hydrogen) atoms. The Labute approximate surface area is 162 Å². The summed E-state index contributed by atoms with van der Waals surface area (Å²) < 4.78 is 6.97. The quantitative estimate of drug-likeness (QED) is 0.518. The van der Waals surface area contributed by atoms with E-state index in [0.29, 0.717) is 18.0 Å². The topological polar surface area (TPSA) is 68.5 Å². The maximum Gasteiger partial charge on any atom is 0.338 e. The van der Waals surface area contributed by atoms with Crippen molar-refractivity contribution >= 4 is 23.1 Å². The van der Waals surface area contributed by atoms with E-state index in [4.69, 9.17) is 9.72 Å². The molecule has 0 atom stereocenters. The molecule has 0 aliphatic rings. The molecule has 2 aromatic heterocycles. The van der Waals surface area contributed by atoms with Gasteiger partial charge in [-0.25, -0.2) is 14.8 Å². The van der Waals surface area contributed by atoms with Crippen molar-refractivity contribution in [1.29, 1.82) is 0 Å². The van der Waals surface area contributed by atoms with Gasteiger partial charge in [-0.1, -0.05) is 23.8 Å². The highest BCUT2D eigenvalue weighted by Gasteiger charge is 2.11. The molecule has 0 unspecified atom stereocenters. The van der Waals surface area contributed by atoms with E-state index in [1.807, 2.05) is 41.1 Å². The highest BCUT2D eigenvalue weighted by atomic mass is 16.5. The van der Waals surface area contributed by atoms with Crippen LogP contribution in [0.1, 0.15) is 22.8 Å². The Hall–Kier alpha value is -3.67. The minimum Gasteiger partial charge on any atom is -0.462 e. The first-order valence-corrected chi connectivity index (χ1v) is 9.09. The number of aryl methyl sites for hydroxylation is 1. The molecule has 1 N–H and O–H groups in total. The van der Waals surface area contributed by atoms with Gasteiger partial charge in [0, 0.05) is 29.8 Å². The van der Waals surface area contributed by atoms with Gasteiger partial charge in [-0.3, -0.25) is 0 Å². The fourth-order valence-corrected chi connectivity index (χ4v) is 3.00. The number of nitrogens with zero attached hydrogens (tertiary/aromatic N) is 3. The molecule has 0 radical (unpaired) electrons. The van der Waals surface area contributed by atoms with Gasteiger partial charge in [0.05, 0.1) is 17.9 Å². The maximum absolute atomic E-state index is 11.8. The van der Waals surface area contributed by atoms with Gasteiger partial charge in [0.25, 0.3) is 0 Å². The fourth-order valence-electron chi connectivity index (χ4n) is 3.00. The Morgan fingerprint density at radius 1 is 1.18 bits per heavy atom. The minimum absolute atomic E-state index is 0.329. The number of aromatic nitrogens is 3. The van der Waals surface area contributed by atoms with Crippen molar-refractivity contribution in [1.82, 2.24) is 14.4 Å². The summed E-state index contributed by atoms with van der Waals surface area (Å²) in [5, 5.41) is 3.31. The average molecular weight is 372 g/mol. The largest absolute Gasteiger partial charge is 0.462 e. The molecule has 4 rings (SSSR count). The van der Waals surface area contributed by atoms with Crippen molar-refractivity contribution in [2.75, 3.05) is 11.9 Å². The summed E-state index contributed by atoms with van der Waals surface area (Å²) in [5.41, 5.74) is 5.11. The zero-order chi connectivity index (χ0) is 19.5. The number of anilines is 2. The van der Waals surface area contributed by atoms with Gasteiger partial charge >= 0.3 is 5.97 Å². The third-order valence-electron chi connectivity index (χ3n) is 4.35. The van der Waals surface area contributed by atoms with E-state index in [1.54, 1.807) is 25.3 Å². The van der Waals surface area contributed by atoms with E-state index < -0.39 is 0 Å². The van der Waals surface area contributed by atoms with Gasteiger partial charge in [0.15, 0.2) is 11.5 Å². The molecule has 140 valence electrons. The number of carbonyl (C=O) groups excluding carboxylic acids is 1. The highest BCUT2D eigenvalue weighted by molar-refractivity contribution is 5.90. The van der Waals surface area contributed by atoms with Crippen LogP contribution in [0.3, 0.4) is 0 Å².